The molecule has 14 nitrogen and oxygen atoms in total. The molecule has 0 bridgehead atoms. The van der Waals surface area contributed by atoms with Gasteiger partial charge in [-0.3, -0.25) is 24.6 Å². The highest BCUT2D eigenvalue weighted by atomic mass is 16.5. The zero-order valence-corrected chi connectivity index (χ0v) is 29.1. The first-order valence-electron chi connectivity index (χ1n) is 17.0. The third-order valence-electron chi connectivity index (χ3n) is 8.46. The Morgan fingerprint density at radius 2 is 1.10 bits per heavy atom. The van der Waals surface area contributed by atoms with Crippen molar-refractivity contribution in [2.45, 2.75) is 13.1 Å². The van der Waals surface area contributed by atoms with Crippen molar-refractivity contribution in [1.82, 2.24) is 19.8 Å². The second-order valence-corrected chi connectivity index (χ2v) is 11.9. The Morgan fingerprint density at radius 1 is 0.673 bits per heavy atom. The van der Waals surface area contributed by atoms with Gasteiger partial charge in [0.05, 0.1) is 82.5 Å². The molecule has 0 spiro atoms. The van der Waals surface area contributed by atoms with E-state index in [1.54, 1.807) is 80.8 Å². The lowest BCUT2D eigenvalue weighted by Crippen LogP contribution is -2.48. The van der Waals surface area contributed by atoms with Crippen LogP contribution in [0.3, 0.4) is 0 Å². The molecule has 0 aliphatic carbocycles. The fraction of sp³-hybridized carbons (Fsp3) is 0.316. The number of ether oxygens (including phenoxy) is 3. The van der Waals surface area contributed by atoms with E-state index in [4.69, 9.17) is 19.9 Å². The summed E-state index contributed by atoms with van der Waals surface area (Å²) in [5.41, 5.74) is 9.72. The summed E-state index contributed by atoms with van der Waals surface area (Å²) in [7, 11) is 1.35. The van der Waals surface area contributed by atoms with Gasteiger partial charge in [-0.2, -0.15) is 0 Å². The molecule has 2 aliphatic heterocycles. The van der Waals surface area contributed by atoms with Crippen LogP contribution in [-0.2, 0) is 27.3 Å². The predicted octanol–water partition coefficient (Wildman–Crippen LogP) is 4.01. The maximum Gasteiger partial charge on any atom is 0.337 e. The van der Waals surface area contributed by atoms with Gasteiger partial charge in [-0.1, -0.05) is 36.4 Å². The average molecular weight is 710 g/mol. The highest BCUT2D eigenvalue weighted by Gasteiger charge is 2.26. The van der Waals surface area contributed by atoms with E-state index < -0.39 is 0 Å². The number of pyridine rings is 2. The highest BCUT2D eigenvalue weighted by Crippen LogP contribution is 2.21. The summed E-state index contributed by atoms with van der Waals surface area (Å²) >= 11 is 0. The molecule has 4 amide bonds. The molecule has 0 saturated carbocycles. The molecule has 0 atom stereocenters. The molecular formula is C38H43N7O7. The molecule has 2 N–H and O–H groups in total. The lowest BCUT2D eigenvalue weighted by atomic mass is 10.1. The van der Waals surface area contributed by atoms with Crippen molar-refractivity contribution in [3.63, 3.8) is 0 Å². The summed E-state index contributed by atoms with van der Waals surface area (Å²) in [6, 6.07) is 21.4. The van der Waals surface area contributed by atoms with Crippen LogP contribution in [0.5, 0.6) is 0 Å². The molecular weight excluding hydrogens is 666 g/mol. The number of ketones is 1. The van der Waals surface area contributed by atoms with Crippen LogP contribution in [0.4, 0.5) is 21.0 Å². The number of carbonyl (C=O) groups is 4. The molecule has 6 rings (SSSR count). The molecule has 14 heteroatoms. The van der Waals surface area contributed by atoms with Crippen LogP contribution < -0.4 is 15.5 Å². The Hall–Kier alpha value is -5.70. The number of esters is 1. The summed E-state index contributed by atoms with van der Waals surface area (Å²) in [6.45, 7) is 5.19. The third kappa shape index (κ3) is 10.2. The number of hydrogen-bond donors (Lipinski definition) is 1. The average Bonchev–Trinajstić information content (AvgIpc) is 3.22. The summed E-state index contributed by atoms with van der Waals surface area (Å²) in [5.74, 6) is -0.491. The first-order valence-corrected chi connectivity index (χ1v) is 17.0. The molecule has 0 radical (unpaired) electrons. The maximum absolute atomic E-state index is 13.0. The van der Waals surface area contributed by atoms with Gasteiger partial charge in [0.15, 0.2) is 5.78 Å². The van der Waals surface area contributed by atoms with E-state index in [1.165, 1.54) is 7.11 Å². The van der Waals surface area contributed by atoms with Crippen LogP contribution in [0.1, 0.15) is 31.8 Å². The number of nitrogens with two attached hydrogens (primary N) is 1. The van der Waals surface area contributed by atoms with E-state index in [0.29, 0.717) is 76.8 Å². The first-order chi connectivity index (χ1) is 25.4. The second-order valence-electron chi connectivity index (χ2n) is 11.9. The van der Waals surface area contributed by atoms with Crippen molar-refractivity contribution >= 4 is 35.2 Å². The van der Waals surface area contributed by atoms with E-state index in [-0.39, 0.29) is 30.4 Å². The molecule has 2 aromatic carbocycles. The van der Waals surface area contributed by atoms with Crippen LogP contribution in [0.2, 0.25) is 0 Å². The van der Waals surface area contributed by atoms with Crippen molar-refractivity contribution in [2.75, 3.05) is 76.1 Å². The second kappa shape index (κ2) is 19.1. The number of methoxy groups -OCH3 is 1. The molecule has 2 aliphatic rings. The number of nitrogens with zero attached hydrogens (tertiary/aromatic N) is 6. The minimum atomic E-state index is -0.384. The number of hydrogen-bond acceptors (Lipinski definition) is 10. The number of carbonyl (C=O) groups excluding carboxylic acids is 4. The molecule has 4 heterocycles. The van der Waals surface area contributed by atoms with Crippen molar-refractivity contribution in [3.05, 3.63) is 120 Å². The third-order valence-corrected chi connectivity index (χ3v) is 8.46. The smallest absolute Gasteiger partial charge is 0.337 e. The zero-order valence-electron chi connectivity index (χ0n) is 29.1. The molecule has 272 valence electrons. The molecule has 2 aromatic heterocycles. The maximum atomic E-state index is 13.0. The predicted molar refractivity (Wildman–Crippen MR) is 194 cm³/mol. The summed E-state index contributed by atoms with van der Waals surface area (Å²) < 4.78 is 15.4. The van der Waals surface area contributed by atoms with Gasteiger partial charge in [0.1, 0.15) is 0 Å². The number of urea groups is 2. The van der Waals surface area contributed by atoms with Crippen molar-refractivity contribution < 1.29 is 33.4 Å². The lowest BCUT2D eigenvalue weighted by molar-refractivity contribution is 0.0548. The number of rotatable bonds is 9. The summed E-state index contributed by atoms with van der Waals surface area (Å²) in [4.78, 5) is 64.5. The summed E-state index contributed by atoms with van der Waals surface area (Å²) in [5, 5.41) is 0. The van der Waals surface area contributed by atoms with Crippen molar-refractivity contribution in [1.29, 1.82) is 0 Å². The van der Waals surface area contributed by atoms with Gasteiger partial charge in [-0.05, 0) is 47.5 Å². The number of aromatic nitrogens is 2. The number of benzene rings is 2. The van der Waals surface area contributed by atoms with Crippen molar-refractivity contribution in [2.24, 2.45) is 5.73 Å². The Labute approximate surface area is 302 Å². The number of amides is 4. The van der Waals surface area contributed by atoms with E-state index in [1.807, 2.05) is 36.4 Å². The standard InChI is InChI=1S/C19H22N4O3.C19H21N3O4/c20-12-18(24)16-5-3-15(4-6-16)14-23(17-2-1-7-21-13-17)19(25)22-8-10-26-11-9-22;1-25-18(23)16-6-4-15(5-7-16)14-22(17-3-2-8-20-13-17)19(24)21-9-11-26-12-10-21/h1-7,13H,8-12,14,20H2;2-8,13H,9-12,14H2,1H3. The normalized spacial score (nSPS) is 14.0. The number of anilines is 2. The van der Waals surface area contributed by atoms with Gasteiger partial charge in [-0.15, -0.1) is 0 Å². The Morgan fingerprint density at radius 3 is 1.46 bits per heavy atom. The first kappa shape index (κ1) is 37.6. The van der Waals surface area contributed by atoms with E-state index in [9.17, 15) is 19.2 Å². The number of Topliss-reactive ketones (excluding diaryl/α,β-unsaturated/α-hetero) is 1. The SMILES string of the molecule is COC(=O)c1ccc(CN(C(=O)N2CCOCC2)c2cccnc2)cc1.NCC(=O)c1ccc(CN(C(=O)N2CCOCC2)c2cccnc2)cc1. The van der Waals surface area contributed by atoms with Crippen LogP contribution in [-0.4, -0.2) is 110 Å². The minimum Gasteiger partial charge on any atom is -0.465 e. The Kier molecular flexibility index (Phi) is 13.8. The molecule has 4 aromatic rings. The van der Waals surface area contributed by atoms with E-state index in [2.05, 4.69) is 9.97 Å². The molecule has 52 heavy (non-hydrogen) atoms. The van der Waals surface area contributed by atoms with E-state index >= 15 is 0 Å². The molecule has 0 unspecified atom stereocenters. The van der Waals surface area contributed by atoms with Crippen LogP contribution in [0, 0.1) is 0 Å². The minimum absolute atomic E-state index is 0.0172. The van der Waals surface area contributed by atoms with Gasteiger partial charge in [0.2, 0.25) is 0 Å². The van der Waals surface area contributed by atoms with Gasteiger partial charge in [-0.25, -0.2) is 14.4 Å². The van der Waals surface area contributed by atoms with Crippen molar-refractivity contribution in [3.8, 4) is 0 Å². The van der Waals surface area contributed by atoms with Crippen LogP contribution in [0.15, 0.2) is 97.6 Å². The zero-order chi connectivity index (χ0) is 36.7. The monoisotopic (exact) mass is 709 g/mol. The quantitative estimate of drug-likeness (QED) is 0.199. The Bertz CT molecular complexity index is 1620. The Balaban J connectivity index is 0.000000201. The van der Waals surface area contributed by atoms with Gasteiger partial charge in [0, 0.05) is 44.1 Å². The topological polar surface area (TPSA) is 161 Å². The molecule has 2 fully saturated rings. The van der Waals surface area contributed by atoms with Gasteiger partial charge >= 0.3 is 18.0 Å². The number of morpholine rings is 2. The highest BCUT2D eigenvalue weighted by molar-refractivity contribution is 5.97. The van der Waals surface area contributed by atoms with Gasteiger partial charge in [0.25, 0.3) is 0 Å². The lowest BCUT2D eigenvalue weighted by Gasteiger charge is -2.33. The van der Waals surface area contributed by atoms with Crippen LogP contribution >= 0.6 is 0 Å². The summed E-state index contributed by atoms with van der Waals surface area (Å²) in [6.07, 6.45) is 6.69. The van der Waals surface area contributed by atoms with E-state index in [0.717, 1.165) is 22.5 Å². The largest absolute Gasteiger partial charge is 0.465 e. The molecule has 2 saturated heterocycles. The van der Waals surface area contributed by atoms with Gasteiger partial charge < -0.3 is 29.7 Å². The fourth-order valence-corrected chi connectivity index (χ4v) is 5.56. The fourth-order valence-electron chi connectivity index (χ4n) is 5.56. The van der Waals surface area contributed by atoms with Crippen LogP contribution in [0.25, 0.3) is 0 Å².